The highest BCUT2D eigenvalue weighted by atomic mass is 16.2. The minimum atomic E-state index is -0.00207. The average molecular weight is 388 g/mol. The van der Waals surface area contributed by atoms with Crippen LogP contribution in [0.4, 0.5) is 0 Å². The van der Waals surface area contributed by atoms with Gasteiger partial charge >= 0.3 is 0 Å². The number of aliphatic imine (C=N–C) groups is 1. The molecule has 0 bridgehead atoms. The molecule has 1 aromatic carbocycles. The second kappa shape index (κ2) is 11.3. The Morgan fingerprint density at radius 3 is 2.61 bits per heavy atom. The SMILES string of the molecule is CCNC(=NCC(=O)N(CC)Cc1ccccc1)NC1CCN(C(=O)CC)C1. The lowest BCUT2D eigenvalue weighted by Crippen LogP contribution is -2.45. The van der Waals surface area contributed by atoms with Gasteiger partial charge in [-0.05, 0) is 25.8 Å². The van der Waals surface area contributed by atoms with Gasteiger partial charge < -0.3 is 20.4 Å². The van der Waals surface area contributed by atoms with Gasteiger partial charge in [0.05, 0.1) is 0 Å². The van der Waals surface area contributed by atoms with Crippen LogP contribution in [0.15, 0.2) is 35.3 Å². The smallest absolute Gasteiger partial charge is 0.244 e. The first-order valence-electron chi connectivity index (χ1n) is 10.2. The van der Waals surface area contributed by atoms with Crippen LogP contribution in [0.3, 0.4) is 0 Å². The first-order chi connectivity index (χ1) is 13.6. The molecule has 1 aromatic rings. The third-order valence-corrected chi connectivity index (χ3v) is 4.85. The van der Waals surface area contributed by atoms with E-state index in [4.69, 9.17) is 0 Å². The molecule has 1 atom stereocenters. The van der Waals surface area contributed by atoms with E-state index in [0.29, 0.717) is 38.6 Å². The topological polar surface area (TPSA) is 77.0 Å². The van der Waals surface area contributed by atoms with Crippen LogP contribution in [-0.2, 0) is 16.1 Å². The predicted molar refractivity (Wildman–Crippen MR) is 112 cm³/mol. The summed E-state index contributed by atoms with van der Waals surface area (Å²) in [5.41, 5.74) is 1.11. The fourth-order valence-corrected chi connectivity index (χ4v) is 3.27. The summed E-state index contributed by atoms with van der Waals surface area (Å²) in [6.45, 7) is 9.35. The summed E-state index contributed by atoms with van der Waals surface area (Å²) < 4.78 is 0. The Bertz CT molecular complexity index is 662. The number of amides is 2. The van der Waals surface area contributed by atoms with E-state index in [1.54, 1.807) is 4.90 Å². The standard InChI is InChI=1S/C21H33N5O2/c1-4-19(27)26-13-12-18(16-26)24-21(22-5-2)23-14-20(28)25(6-3)15-17-10-8-7-9-11-17/h7-11,18H,4-6,12-16H2,1-3H3,(H2,22,23,24). The van der Waals surface area contributed by atoms with Gasteiger partial charge in [0.25, 0.3) is 0 Å². The van der Waals surface area contributed by atoms with Crippen LogP contribution < -0.4 is 10.6 Å². The summed E-state index contributed by atoms with van der Waals surface area (Å²) in [4.78, 5) is 32.6. The molecule has 28 heavy (non-hydrogen) atoms. The number of carbonyl (C=O) groups excluding carboxylic acids is 2. The maximum atomic E-state index is 12.6. The van der Waals surface area contributed by atoms with Crippen molar-refractivity contribution >= 4 is 17.8 Å². The zero-order valence-corrected chi connectivity index (χ0v) is 17.3. The summed E-state index contributed by atoms with van der Waals surface area (Å²) >= 11 is 0. The van der Waals surface area contributed by atoms with Crippen LogP contribution in [0.1, 0.15) is 39.2 Å². The molecule has 1 aliphatic rings. The first-order valence-corrected chi connectivity index (χ1v) is 10.2. The second-order valence-electron chi connectivity index (χ2n) is 6.91. The second-order valence-corrected chi connectivity index (χ2v) is 6.91. The molecular formula is C21H33N5O2. The molecule has 0 aliphatic carbocycles. The summed E-state index contributed by atoms with van der Waals surface area (Å²) in [5.74, 6) is 0.807. The zero-order chi connectivity index (χ0) is 20.4. The number of nitrogens with one attached hydrogen (secondary N) is 2. The quantitative estimate of drug-likeness (QED) is 0.525. The maximum absolute atomic E-state index is 12.6. The van der Waals surface area contributed by atoms with Gasteiger partial charge in [-0.2, -0.15) is 0 Å². The van der Waals surface area contributed by atoms with Crippen molar-refractivity contribution in [3.63, 3.8) is 0 Å². The Labute approximate surface area is 168 Å². The van der Waals surface area contributed by atoms with Gasteiger partial charge in [0.1, 0.15) is 6.54 Å². The zero-order valence-electron chi connectivity index (χ0n) is 17.3. The summed E-state index contributed by atoms with van der Waals surface area (Å²) in [7, 11) is 0. The van der Waals surface area contributed by atoms with Crippen molar-refractivity contribution in [2.75, 3.05) is 32.7 Å². The van der Waals surface area contributed by atoms with Crippen molar-refractivity contribution in [3.05, 3.63) is 35.9 Å². The highest BCUT2D eigenvalue weighted by Crippen LogP contribution is 2.10. The average Bonchev–Trinajstić information content (AvgIpc) is 3.18. The summed E-state index contributed by atoms with van der Waals surface area (Å²) in [6.07, 6.45) is 1.42. The van der Waals surface area contributed by atoms with E-state index in [-0.39, 0.29) is 24.4 Å². The van der Waals surface area contributed by atoms with Crippen LogP contribution in [0, 0.1) is 0 Å². The Hall–Kier alpha value is -2.57. The predicted octanol–water partition coefficient (Wildman–Crippen LogP) is 1.60. The lowest BCUT2D eigenvalue weighted by molar-refractivity contribution is -0.130. The van der Waals surface area contributed by atoms with Crippen LogP contribution in [0.2, 0.25) is 0 Å². The molecule has 0 radical (unpaired) electrons. The first kappa shape index (κ1) is 21.7. The Balaban J connectivity index is 1.91. The van der Waals surface area contributed by atoms with Gasteiger partial charge in [0, 0.05) is 45.2 Å². The molecule has 1 fully saturated rings. The lowest BCUT2D eigenvalue weighted by atomic mass is 10.2. The van der Waals surface area contributed by atoms with Gasteiger partial charge in [-0.15, -0.1) is 0 Å². The van der Waals surface area contributed by atoms with Gasteiger partial charge in [-0.3, -0.25) is 9.59 Å². The number of benzene rings is 1. The van der Waals surface area contributed by atoms with E-state index < -0.39 is 0 Å². The Kier molecular flexibility index (Phi) is 8.78. The molecule has 1 heterocycles. The normalized spacial score (nSPS) is 16.8. The molecule has 2 amide bonds. The number of hydrogen-bond acceptors (Lipinski definition) is 3. The largest absolute Gasteiger partial charge is 0.357 e. The van der Waals surface area contributed by atoms with Crippen LogP contribution in [-0.4, -0.2) is 66.3 Å². The third-order valence-electron chi connectivity index (χ3n) is 4.85. The van der Waals surface area contributed by atoms with Crippen molar-refractivity contribution in [2.45, 2.75) is 46.2 Å². The molecule has 0 spiro atoms. The van der Waals surface area contributed by atoms with E-state index in [9.17, 15) is 9.59 Å². The van der Waals surface area contributed by atoms with Crippen molar-refractivity contribution < 1.29 is 9.59 Å². The summed E-state index contributed by atoms with van der Waals surface area (Å²) in [6, 6.07) is 10.1. The van der Waals surface area contributed by atoms with Crippen molar-refractivity contribution in [3.8, 4) is 0 Å². The van der Waals surface area contributed by atoms with E-state index >= 15 is 0 Å². The van der Waals surface area contributed by atoms with E-state index in [2.05, 4.69) is 15.6 Å². The molecule has 7 nitrogen and oxygen atoms in total. The minimum absolute atomic E-state index is 0.00207. The number of hydrogen-bond donors (Lipinski definition) is 2. The number of nitrogens with zero attached hydrogens (tertiary/aromatic N) is 3. The molecule has 1 unspecified atom stereocenters. The molecule has 2 N–H and O–H groups in total. The fraction of sp³-hybridized carbons (Fsp3) is 0.571. The van der Waals surface area contributed by atoms with E-state index in [1.165, 1.54) is 0 Å². The van der Waals surface area contributed by atoms with Crippen molar-refractivity contribution in [2.24, 2.45) is 4.99 Å². The monoisotopic (exact) mass is 387 g/mol. The molecule has 0 saturated carbocycles. The molecule has 1 saturated heterocycles. The third kappa shape index (κ3) is 6.55. The maximum Gasteiger partial charge on any atom is 0.244 e. The molecule has 1 aliphatic heterocycles. The van der Waals surface area contributed by atoms with Crippen LogP contribution in [0.5, 0.6) is 0 Å². The fourth-order valence-electron chi connectivity index (χ4n) is 3.27. The number of guanidine groups is 1. The number of likely N-dealkylation sites (tertiary alicyclic amines) is 1. The highest BCUT2D eigenvalue weighted by molar-refractivity contribution is 5.85. The molecule has 154 valence electrons. The molecule has 0 aromatic heterocycles. The lowest BCUT2D eigenvalue weighted by Gasteiger charge is -2.21. The van der Waals surface area contributed by atoms with E-state index in [0.717, 1.165) is 18.5 Å². The minimum Gasteiger partial charge on any atom is -0.357 e. The highest BCUT2D eigenvalue weighted by Gasteiger charge is 2.25. The van der Waals surface area contributed by atoms with E-state index in [1.807, 2.05) is 56.0 Å². The van der Waals surface area contributed by atoms with Gasteiger partial charge in [0.2, 0.25) is 11.8 Å². The molecule has 2 rings (SSSR count). The number of rotatable bonds is 8. The van der Waals surface area contributed by atoms with Gasteiger partial charge in [-0.25, -0.2) is 4.99 Å². The van der Waals surface area contributed by atoms with Gasteiger partial charge in [0.15, 0.2) is 5.96 Å². The van der Waals surface area contributed by atoms with Gasteiger partial charge in [-0.1, -0.05) is 37.3 Å². The van der Waals surface area contributed by atoms with Crippen LogP contribution in [0.25, 0.3) is 0 Å². The Morgan fingerprint density at radius 2 is 1.96 bits per heavy atom. The Morgan fingerprint density at radius 1 is 1.21 bits per heavy atom. The molecule has 7 heteroatoms. The molecular weight excluding hydrogens is 354 g/mol. The summed E-state index contributed by atoms with van der Waals surface area (Å²) in [5, 5.41) is 6.56. The van der Waals surface area contributed by atoms with Crippen molar-refractivity contribution in [1.82, 2.24) is 20.4 Å². The number of likely N-dealkylation sites (N-methyl/N-ethyl adjacent to an activating group) is 1. The van der Waals surface area contributed by atoms with Crippen molar-refractivity contribution in [1.29, 1.82) is 0 Å². The van der Waals surface area contributed by atoms with Crippen LogP contribution >= 0.6 is 0 Å². The number of carbonyl (C=O) groups is 2.